The van der Waals surface area contributed by atoms with Crippen LogP contribution in [0.1, 0.15) is 46.6 Å². The normalized spacial score (nSPS) is 20.7. The van der Waals surface area contributed by atoms with E-state index in [-0.39, 0.29) is 0 Å². The van der Waals surface area contributed by atoms with Gasteiger partial charge < -0.3 is 10.1 Å². The fraction of sp³-hybridized carbons (Fsp3) is 0.435. The molecule has 1 heterocycles. The Labute approximate surface area is 156 Å². The Kier molecular flexibility index (Phi) is 5.07. The van der Waals surface area contributed by atoms with Crippen LogP contribution in [0, 0.1) is 5.92 Å². The number of fused-ring (bicyclic) bond motifs is 2. The molecular formula is C23H28N2O. The van der Waals surface area contributed by atoms with E-state index >= 15 is 0 Å². The third-order valence-corrected chi connectivity index (χ3v) is 6.05. The molecule has 1 aliphatic carbocycles. The van der Waals surface area contributed by atoms with Crippen molar-refractivity contribution in [2.75, 3.05) is 20.7 Å². The number of hydrogen-bond donors (Lipinski definition) is 1. The highest BCUT2D eigenvalue weighted by Gasteiger charge is 2.30. The van der Waals surface area contributed by atoms with E-state index in [9.17, 15) is 0 Å². The summed E-state index contributed by atoms with van der Waals surface area (Å²) in [6.45, 7) is 1.88. The molecule has 0 aromatic heterocycles. The molecule has 0 saturated heterocycles. The minimum Gasteiger partial charge on any atom is -0.496 e. The first-order valence-electron chi connectivity index (χ1n) is 9.72. The zero-order valence-corrected chi connectivity index (χ0v) is 15.8. The number of aryl methyl sites for hydroxylation is 1. The minimum atomic E-state index is 0.565. The van der Waals surface area contributed by atoms with E-state index in [4.69, 9.17) is 4.74 Å². The van der Waals surface area contributed by atoms with Crippen molar-refractivity contribution in [3.05, 3.63) is 64.2 Å². The molecule has 2 aliphatic rings. The average Bonchev–Trinajstić information content (AvgIpc) is 3.14. The second-order valence-corrected chi connectivity index (χ2v) is 7.53. The molecule has 2 atom stereocenters. The van der Waals surface area contributed by atoms with E-state index in [1.165, 1.54) is 40.7 Å². The lowest BCUT2D eigenvalue weighted by Gasteiger charge is -2.34. The zero-order valence-electron chi connectivity index (χ0n) is 15.8. The molecule has 2 aromatic carbocycles. The SMILES string of the molecule is CNCC1c2cccc(OC)c2CCC1CCc1ccc2c(c1)C=NC2. The van der Waals surface area contributed by atoms with Crippen molar-refractivity contribution in [2.24, 2.45) is 10.9 Å². The molecule has 0 amide bonds. The maximum atomic E-state index is 5.61. The number of methoxy groups -OCH3 is 1. The van der Waals surface area contributed by atoms with E-state index in [0.29, 0.717) is 11.8 Å². The zero-order chi connectivity index (χ0) is 17.9. The smallest absolute Gasteiger partial charge is 0.122 e. The number of hydrogen-bond acceptors (Lipinski definition) is 3. The molecule has 2 unspecified atom stereocenters. The molecule has 26 heavy (non-hydrogen) atoms. The molecule has 0 radical (unpaired) electrons. The summed E-state index contributed by atoms with van der Waals surface area (Å²) in [5.74, 6) is 2.33. The van der Waals surface area contributed by atoms with Crippen LogP contribution in [0.25, 0.3) is 0 Å². The number of benzene rings is 2. The van der Waals surface area contributed by atoms with Crippen LogP contribution < -0.4 is 10.1 Å². The van der Waals surface area contributed by atoms with Gasteiger partial charge >= 0.3 is 0 Å². The lowest BCUT2D eigenvalue weighted by molar-refractivity contribution is 0.332. The largest absolute Gasteiger partial charge is 0.496 e. The maximum absolute atomic E-state index is 5.61. The van der Waals surface area contributed by atoms with Crippen LogP contribution >= 0.6 is 0 Å². The van der Waals surface area contributed by atoms with Gasteiger partial charge in [-0.15, -0.1) is 0 Å². The first-order chi connectivity index (χ1) is 12.8. The number of aliphatic imine (C=N–C) groups is 1. The van der Waals surface area contributed by atoms with Gasteiger partial charge in [-0.25, -0.2) is 0 Å². The molecule has 136 valence electrons. The Morgan fingerprint density at radius 1 is 1.23 bits per heavy atom. The summed E-state index contributed by atoms with van der Waals surface area (Å²) in [5, 5.41) is 3.42. The van der Waals surface area contributed by atoms with Crippen molar-refractivity contribution in [2.45, 2.75) is 38.1 Å². The first-order valence-corrected chi connectivity index (χ1v) is 9.72. The summed E-state index contributed by atoms with van der Waals surface area (Å²) in [6, 6.07) is 13.4. The summed E-state index contributed by atoms with van der Waals surface area (Å²) in [6.07, 6.45) is 6.77. The average molecular weight is 348 g/mol. The number of rotatable bonds is 6. The Morgan fingerprint density at radius 3 is 3.00 bits per heavy atom. The Balaban J connectivity index is 1.51. The third-order valence-electron chi connectivity index (χ3n) is 6.05. The first kappa shape index (κ1) is 17.3. The van der Waals surface area contributed by atoms with Gasteiger partial charge in [-0.1, -0.05) is 24.3 Å². The minimum absolute atomic E-state index is 0.565. The predicted molar refractivity (Wildman–Crippen MR) is 108 cm³/mol. The molecule has 3 nitrogen and oxygen atoms in total. The Bertz CT molecular complexity index is 812. The molecule has 2 aromatic rings. The van der Waals surface area contributed by atoms with Crippen molar-refractivity contribution in [1.29, 1.82) is 0 Å². The van der Waals surface area contributed by atoms with Gasteiger partial charge in [0, 0.05) is 12.8 Å². The second kappa shape index (κ2) is 7.63. The summed E-state index contributed by atoms with van der Waals surface area (Å²) in [7, 11) is 3.84. The number of ether oxygens (including phenoxy) is 1. The van der Waals surface area contributed by atoms with E-state index < -0.39 is 0 Å². The number of likely N-dealkylation sites (N-methyl/N-ethyl adjacent to an activating group) is 1. The molecule has 4 rings (SSSR count). The van der Waals surface area contributed by atoms with Gasteiger partial charge in [-0.2, -0.15) is 0 Å². The highest BCUT2D eigenvalue weighted by atomic mass is 16.5. The van der Waals surface area contributed by atoms with Crippen molar-refractivity contribution in [1.82, 2.24) is 5.32 Å². The van der Waals surface area contributed by atoms with Gasteiger partial charge in [0.25, 0.3) is 0 Å². The van der Waals surface area contributed by atoms with Crippen molar-refractivity contribution < 1.29 is 4.74 Å². The quantitative estimate of drug-likeness (QED) is 0.852. The maximum Gasteiger partial charge on any atom is 0.122 e. The van der Waals surface area contributed by atoms with Crippen LogP contribution in [-0.4, -0.2) is 26.9 Å². The molecule has 0 fully saturated rings. The van der Waals surface area contributed by atoms with E-state index in [1.807, 2.05) is 6.21 Å². The molecule has 0 saturated carbocycles. The summed E-state index contributed by atoms with van der Waals surface area (Å²) >= 11 is 0. The van der Waals surface area contributed by atoms with Gasteiger partial charge in [-0.05, 0) is 84.5 Å². The Morgan fingerprint density at radius 2 is 2.15 bits per heavy atom. The molecule has 3 heteroatoms. The predicted octanol–water partition coefficient (Wildman–Crippen LogP) is 4.13. The van der Waals surface area contributed by atoms with Gasteiger partial charge in [0.2, 0.25) is 0 Å². The van der Waals surface area contributed by atoms with Crippen molar-refractivity contribution in [3.63, 3.8) is 0 Å². The lowest BCUT2D eigenvalue weighted by Crippen LogP contribution is -2.29. The van der Waals surface area contributed by atoms with Gasteiger partial charge in [0.15, 0.2) is 0 Å². The van der Waals surface area contributed by atoms with Crippen LogP contribution in [0.3, 0.4) is 0 Å². The summed E-state index contributed by atoms with van der Waals surface area (Å²) < 4.78 is 5.61. The van der Waals surface area contributed by atoms with Crippen LogP contribution in [-0.2, 0) is 19.4 Å². The van der Waals surface area contributed by atoms with E-state index in [0.717, 1.165) is 31.7 Å². The molecule has 1 aliphatic heterocycles. The molecule has 1 N–H and O–H groups in total. The van der Waals surface area contributed by atoms with Crippen molar-refractivity contribution in [3.8, 4) is 5.75 Å². The van der Waals surface area contributed by atoms with Crippen LogP contribution in [0.4, 0.5) is 0 Å². The lowest BCUT2D eigenvalue weighted by atomic mass is 9.72. The summed E-state index contributed by atoms with van der Waals surface area (Å²) in [4.78, 5) is 4.38. The standard InChI is InChI=1S/C23H28N2O/c1-24-15-22-17(10-11-21-20(22)4-3-5-23(21)26-2)8-6-16-7-9-18-13-25-14-19(18)12-16/h3-5,7,9,12,14,17,22,24H,6,8,10-11,13,15H2,1-2H3. The van der Waals surface area contributed by atoms with Crippen LogP contribution in [0.2, 0.25) is 0 Å². The molecular weight excluding hydrogens is 320 g/mol. The third kappa shape index (κ3) is 3.28. The number of nitrogens with zero attached hydrogens (tertiary/aromatic N) is 1. The van der Waals surface area contributed by atoms with Gasteiger partial charge in [0.1, 0.15) is 5.75 Å². The fourth-order valence-corrected chi connectivity index (χ4v) is 4.67. The fourth-order valence-electron chi connectivity index (χ4n) is 4.67. The highest BCUT2D eigenvalue weighted by Crippen LogP contribution is 2.41. The topological polar surface area (TPSA) is 33.6 Å². The van der Waals surface area contributed by atoms with E-state index in [1.54, 1.807) is 7.11 Å². The van der Waals surface area contributed by atoms with E-state index in [2.05, 4.69) is 53.8 Å². The van der Waals surface area contributed by atoms with Gasteiger partial charge in [0.05, 0.1) is 13.7 Å². The van der Waals surface area contributed by atoms with Crippen molar-refractivity contribution >= 4 is 6.21 Å². The highest BCUT2D eigenvalue weighted by molar-refractivity contribution is 5.84. The number of nitrogens with one attached hydrogen (secondary N) is 1. The second-order valence-electron chi connectivity index (χ2n) is 7.53. The van der Waals surface area contributed by atoms with Gasteiger partial charge in [-0.3, -0.25) is 4.99 Å². The Hall–Kier alpha value is -2.13. The molecule has 0 bridgehead atoms. The monoisotopic (exact) mass is 348 g/mol. The van der Waals surface area contributed by atoms with Crippen LogP contribution in [0.15, 0.2) is 41.4 Å². The summed E-state index contributed by atoms with van der Waals surface area (Å²) in [5.41, 5.74) is 7.02. The molecule has 0 spiro atoms. The van der Waals surface area contributed by atoms with Crippen LogP contribution in [0.5, 0.6) is 5.75 Å².